The van der Waals surface area contributed by atoms with Gasteiger partial charge in [0.05, 0.1) is 11.6 Å². The molecule has 0 saturated carbocycles. The van der Waals surface area contributed by atoms with Crippen molar-refractivity contribution in [3.63, 3.8) is 0 Å². The minimum absolute atomic E-state index is 0.192. The number of aromatic nitrogens is 1. The van der Waals surface area contributed by atoms with E-state index in [1.165, 1.54) is 30.5 Å². The Morgan fingerprint density at radius 2 is 2.24 bits per heavy atom. The van der Waals surface area contributed by atoms with E-state index in [0.29, 0.717) is 10.7 Å². The van der Waals surface area contributed by atoms with Gasteiger partial charge >= 0.3 is 0 Å². The third kappa shape index (κ3) is 3.53. The molecule has 0 aliphatic carbocycles. The van der Waals surface area contributed by atoms with Crippen molar-refractivity contribution in [3.05, 3.63) is 58.6 Å². The molecule has 1 aliphatic rings. The molecule has 25 heavy (non-hydrogen) atoms. The standard InChI is InChI=1S/C17H16ClFN4O2/c1-17(16(20)25-7-6-22-17)12-8-11(3-4-13(12)19)23-15(24)14-5-2-10(18)9-21-14/h2-6,8-9,16H,7,20H2,1H3,(H,23,24)/t16-,17+/m0/s1. The van der Waals surface area contributed by atoms with Gasteiger partial charge in [-0.05, 0) is 37.3 Å². The van der Waals surface area contributed by atoms with E-state index in [0.717, 1.165) is 0 Å². The molecule has 8 heteroatoms. The largest absolute Gasteiger partial charge is 0.355 e. The average molecular weight is 363 g/mol. The van der Waals surface area contributed by atoms with Crippen LogP contribution in [0, 0.1) is 5.82 Å². The zero-order valence-corrected chi connectivity index (χ0v) is 14.1. The number of halogens is 2. The predicted octanol–water partition coefficient (Wildman–Crippen LogP) is 2.73. The summed E-state index contributed by atoms with van der Waals surface area (Å²) in [6.45, 7) is 1.95. The molecule has 2 heterocycles. The molecule has 1 aliphatic heterocycles. The van der Waals surface area contributed by atoms with Gasteiger partial charge in [-0.3, -0.25) is 9.79 Å². The summed E-state index contributed by atoms with van der Waals surface area (Å²) >= 11 is 5.76. The molecular formula is C17H16ClFN4O2. The maximum Gasteiger partial charge on any atom is 0.274 e. The topological polar surface area (TPSA) is 89.6 Å². The molecule has 2 aromatic rings. The zero-order valence-electron chi connectivity index (χ0n) is 13.4. The van der Waals surface area contributed by atoms with Crippen LogP contribution in [0.25, 0.3) is 0 Å². The van der Waals surface area contributed by atoms with E-state index in [1.54, 1.807) is 19.2 Å². The molecular weight excluding hydrogens is 347 g/mol. The molecule has 3 N–H and O–H groups in total. The number of nitrogens with two attached hydrogens (primary N) is 1. The molecule has 1 aromatic carbocycles. The minimum Gasteiger partial charge on any atom is -0.355 e. The summed E-state index contributed by atoms with van der Waals surface area (Å²) in [5, 5.41) is 3.10. The van der Waals surface area contributed by atoms with Crippen LogP contribution in [0.15, 0.2) is 41.5 Å². The second kappa shape index (κ2) is 6.87. The first kappa shape index (κ1) is 17.5. The van der Waals surface area contributed by atoms with Crippen LogP contribution in [0.2, 0.25) is 5.02 Å². The van der Waals surface area contributed by atoms with Gasteiger partial charge in [-0.25, -0.2) is 9.37 Å². The highest BCUT2D eigenvalue weighted by Gasteiger charge is 2.38. The summed E-state index contributed by atoms with van der Waals surface area (Å²) < 4.78 is 19.7. The maximum absolute atomic E-state index is 14.4. The van der Waals surface area contributed by atoms with Crippen molar-refractivity contribution < 1.29 is 13.9 Å². The van der Waals surface area contributed by atoms with Gasteiger partial charge in [-0.2, -0.15) is 0 Å². The number of pyridine rings is 1. The van der Waals surface area contributed by atoms with Crippen LogP contribution in [0.3, 0.4) is 0 Å². The van der Waals surface area contributed by atoms with Crippen molar-refractivity contribution >= 4 is 29.4 Å². The Bertz CT molecular complexity index is 828. The summed E-state index contributed by atoms with van der Waals surface area (Å²) in [5.74, 6) is -0.921. The number of anilines is 1. The smallest absolute Gasteiger partial charge is 0.274 e. The van der Waals surface area contributed by atoms with Gasteiger partial charge in [-0.1, -0.05) is 11.6 Å². The van der Waals surface area contributed by atoms with Crippen LogP contribution in [-0.4, -0.2) is 29.9 Å². The lowest BCUT2D eigenvalue weighted by molar-refractivity contribution is 0.0191. The molecule has 3 rings (SSSR count). The first-order valence-electron chi connectivity index (χ1n) is 7.54. The van der Waals surface area contributed by atoms with Crippen molar-refractivity contribution in [2.75, 3.05) is 11.9 Å². The fourth-order valence-corrected chi connectivity index (χ4v) is 2.64. The maximum atomic E-state index is 14.4. The number of nitrogens with one attached hydrogen (secondary N) is 1. The lowest BCUT2D eigenvalue weighted by Gasteiger charge is -2.34. The Morgan fingerprint density at radius 3 is 2.92 bits per heavy atom. The number of carbonyl (C=O) groups excluding carboxylic acids is 1. The Hall–Kier alpha value is -2.35. The number of aliphatic imine (C=N–C) groups is 1. The second-order valence-electron chi connectivity index (χ2n) is 5.72. The molecule has 0 spiro atoms. The van der Waals surface area contributed by atoms with Gasteiger partial charge in [-0.15, -0.1) is 0 Å². The number of benzene rings is 1. The number of hydrogen-bond acceptors (Lipinski definition) is 5. The molecule has 1 aromatic heterocycles. The fraction of sp³-hybridized carbons (Fsp3) is 0.235. The fourth-order valence-electron chi connectivity index (χ4n) is 2.53. The lowest BCUT2D eigenvalue weighted by atomic mass is 9.89. The number of amides is 1. The molecule has 1 amide bonds. The van der Waals surface area contributed by atoms with Gasteiger partial charge in [0.2, 0.25) is 0 Å². The Kier molecular flexibility index (Phi) is 4.80. The van der Waals surface area contributed by atoms with Crippen LogP contribution >= 0.6 is 11.6 Å². The summed E-state index contributed by atoms with van der Waals surface area (Å²) in [6.07, 6.45) is 2.13. The highest BCUT2D eigenvalue weighted by molar-refractivity contribution is 6.30. The second-order valence-corrected chi connectivity index (χ2v) is 6.16. The van der Waals surface area contributed by atoms with E-state index in [-0.39, 0.29) is 17.9 Å². The highest BCUT2D eigenvalue weighted by atomic mass is 35.5. The average Bonchev–Trinajstić information content (AvgIpc) is 2.60. The molecule has 2 atom stereocenters. The summed E-state index contributed by atoms with van der Waals surface area (Å²) in [7, 11) is 0. The van der Waals surface area contributed by atoms with Crippen LogP contribution < -0.4 is 11.1 Å². The summed E-state index contributed by atoms with van der Waals surface area (Å²) in [6, 6.07) is 7.26. The van der Waals surface area contributed by atoms with Crippen LogP contribution in [0.5, 0.6) is 0 Å². The quantitative estimate of drug-likeness (QED) is 0.878. The van der Waals surface area contributed by atoms with Crippen molar-refractivity contribution in [3.8, 4) is 0 Å². The van der Waals surface area contributed by atoms with E-state index < -0.39 is 23.5 Å². The summed E-state index contributed by atoms with van der Waals surface area (Å²) in [5.41, 5.74) is 5.70. The van der Waals surface area contributed by atoms with Gasteiger partial charge < -0.3 is 15.8 Å². The van der Waals surface area contributed by atoms with Crippen molar-refractivity contribution in [1.29, 1.82) is 0 Å². The van der Waals surface area contributed by atoms with Crippen molar-refractivity contribution in [2.24, 2.45) is 10.7 Å². The van der Waals surface area contributed by atoms with Crippen LogP contribution in [-0.2, 0) is 10.3 Å². The SMILES string of the molecule is C[C@]1(c2cc(NC(=O)c3ccc(Cl)cn3)ccc2F)N=CCO[C@@H]1N. The van der Waals surface area contributed by atoms with Crippen molar-refractivity contribution in [1.82, 2.24) is 4.98 Å². The zero-order chi connectivity index (χ0) is 18.0. The number of hydrogen-bond donors (Lipinski definition) is 2. The third-order valence-electron chi connectivity index (χ3n) is 3.99. The third-order valence-corrected chi connectivity index (χ3v) is 4.22. The van der Waals surface area contributed by atoms with Gasteiger partial charge in [0.1, 0.15) is 23.3 Å². The van der Waals surface area contributed by atoms with Gasteiger partial charge in [0.15, 0.2) is 0 Å². The Morgan fingerprint density at radius 1 is 1.44 bits per heavy atom. The molecule has 0 radical (unpaired) electrons. The number of nitrogens with zero attached hydrogens (tertiary/aromatic N) is 2. The van der Waals surface area contributed by atoms with Crippen molar-refractivity contribution in [2.45, 2.75) is 18.7 Å². The van der Waals surface area contributed by atoms with E-state index in [9.17, 15) is 9.18 Å². The van der Waals surface area contributed by atoms with E-state index in [2.05, 4.69) is 15.3 Å². The Balaban J connectivity index is 1.89. The van der Waals surface area contributed by atoms with Gasteiger partial charge in [0, 0.05) is 23.7 Å². The van der Waals surface area contributed by atoms with Crippen LogP contribution in [0.1, 0.15) is 23.0 Å². The molecule has 0 fully saturated rings. The van der Waals surface area contributed by atoms with E-state index in [4.69, 9.17) is 22.1 Å². The minimum atomic E-state index is -1.08. The molecule has 6 nitrogen and oxygen atoms in total. The molecule has 0 unspecified atom stereocenters. The number of rotatable bonds is 3. The van der Waals surface area contributed by atoms with E-state index in [1.807, 2.05) is 0 Å². The predicted molar refractivity (Wildman–Crippen MR) is 93.4 cm³/mol. The van der Waals surface area contributed by atoms with Crippen LogP contribution in [0.4, 0.5) is 10.1 Å². The molecule has 0 saturated heterocycles. The first-order chi connectivity index (χ1) is 11.9. The summed E-state index contributed by atoms with van der Waals surface area (Å²) in [4.78, 5) is 20.5. The monoisotopic (exact) mass is 362 g/mol. The Labute approximate surface area is 148 Å². The normalized spacial score (nSPS) is 22.6. The lowest BCUT2D eigenvalue weighted by Crippen LogP contribution is -2.47. The van der Waals surface area contributed by atoms with Gasteiger partial charge in [0.25, 0.3) is 5.91 Å². The number of ether oxygens (including phenoxy) is 1. The number of carbonyl (C=O) groups is 1. The highest BCUT2D eigenvalue weighted by Crippen LogP contribution is 2.34. The molecule has 130 valence electrons. The van der Waals surface area contributed by atoms with E-state index >= 15 is 0 Å². The molecule has 0 bridgehead atoms. The first-order valence-corrected chi connectivity index (χ1v) is 7.92.